The number of hydrogen-bond acceptors (Lipinski definition) is 3. The van der Waals surface area contributed by atoms with Gasteiger partial charge in [0.2, 0.25) is 17.7 Å². The van der Waals surface area contributed by atoms with Gasteiger partial charge in [0, 0.05) is 30.0 Å². The number of hydrogen-bond donors (Lipinski definition) is 3. The minimum Gasteiger partial charge on any atom is -0.354 e. The van der Waals surface area contributed by atoms with Crippen molar-refractivity contribution < 1.29 is 14.4 Å². The van der Waals surface area contributed by atoms with E-state index in [1.165, 1.54) is 6.92 Å². The molecule has 0 saturated heterocycles. The van der Waals surface area contributed by atoms with Crippen molar-refractivity contribution in [2.75, 3.05) is 11.9 Å². The van der Waals surface area contributed by atoms with Gasteiger partial charge in [-0.1, -0.05) is 28.8 Å². The van der Waals surface area contributed by atoms with Crippen molar-refractivity contribution in [3.05, 3.63) is 28.7 Å². The second kappa shape index (κ2) is 9.56. The Labute approximate surface area is 156 Å². The lowest BCUT2D eigenvalue weighted by molar-refractivity contribution is -0.129. The second-order valence-electron chi connectivity index (χ2n) is 6.32. The Kier molecular flexibility index (Phi) is 7.43. The maximum atomic E-state index is 12.4. The molecule has 1 fully saturated rings. The van der Waals surface area contributed by atoms with Gasteiger partial charge in [-0.25, -0.2) is 0 Å². The van der Waals surface area contributed by atoms with Crippen molar-refractivity contribution in [2.45, 2.75) is 45.1 Å². The molecule has 2 rings (SSSR count). The first-order chi connectivity index (χ1) is 12.0. The zero-order valence-electron chi connectivity index (χ0n) is 14.3. The molecule has 0 aliphatic heterocycles. The fraction of sp³-hybridized carbons (Fsp3) is 0.500. The predicted octanol–water partition coefficient (Wildman–Crippen LogP) is 2.59. The summed E-state index contributed by atoms with van der Waals surface area (Å²) in [6.45, 7) is 1.66. The minimum absolute atomic E-state index is 0.167. The maximum absolute atomic E-state index is 12.4. The molecule has 136 valence electrons. The summed E-state index contributed by atoms with van der Waals surface area (Å²) in [5.74, 6) is -0.404. The molecule has 0 bridgehead atoms. The molecule has 0 radical (unpaired) electrons. The van der Waals surface area contributed by atoms with Crippen molar-refractivity contribution in [3.8, 4) is 0 Å². The summed E-state index contributed by atoms with van der Waals surface area (Å²) >= 11 is 3.34. The highest BCUT2D eigenvalue weighted by molar-refractivity contribution is 9.10. The van der Waals surface area contributed by atoms with Crippen LogP contribution in [-0.2, 0) is 14.4 Å². The Hall–Kier alpha value is -1.89. The maximum Gasteiger partial charge on any atom is 0.242 e. The zero-order valence-corrected chi connectivity index (χ0v) is 15.9. The quantitative estimate of drug-likeness (QED) is 0.646. The molecule has 3 N–H and O–H groups in total. The van der Waals surface area contributed by atoms with Crippen molar-refractivity contribution in [3.63, 3.8) is 0 Å². The molecule has 0 spiro atoms. The van der Waals surface area contributed by atoms with Crippen molar-refractivity contribution in [1.29, 1.82) is 0 Å². The van der Waals surface area contributed by atoms with E-state index in [0.29, 0.717) is 5.69 Å². The normalized spacial score (nSPS) is 15.4. The lowest BCUT2D eigenvalue weighted by Crippen LogP contribution is -2.50. The van der Waals surface area contributed by atoms with Crippen LogP contribution in [0.2, 0.25) is 0 Å². The van der Waals surface area contributed by atoms with Gasteiger partial charge in [-0.3, -0.25) is 14.4 Å². The molecular weight excluding hydrogens is 386 g/mol. The molecule has 1 atom stereocenters. The highest BCUT2D eigenvalue weighted by Gasteiger charge is 2.31. The standard InChI is InChI=1S/C18H24BrN3O3/c1-12(23)21-17(13-4-2-3-5-13)18(25)20-11-10-16(24)22-15-8-6-14(19)7-9-15/h6-9,13,17H,2-5,10-11H2,1H3,(H,20,25)(H,21,23)(H,22,24). The summed E-state index contributed by atoms with van der Waals surface area (Å²) in [5.41, 5.74) is 0.710. The molecule has 1 aliphatic carbocycles. The average molecular weight is 410 g/mol. The molecule has 1 aromatic carbocycles. The van der Waals surface area contributed by atoms with E-state index in [2.05, 4.69) is 31.9 Å². The molecule has 0 heterocycles. The minimum atomic E-state index is -0.505. The Bertz CT molecular complexity index is 612. The van der Waals surface area contributed by atoms with E-state index in [9.17, 15) is 14.4 Å². The van der Waals surface area contributed by atoms with Crippen LogP contribution in [0.4, 0.5) is 5.69 Å². The van der Waals surface area contributed by atoms with Crippen LogP contribution < -0.4 is 16.0 Å². The van der Waals surface area contributed by atoms with Crippen molar-refractivity contribution in [2.24, 2.45) is 5.92 Å². The largest absolute Gasteiger partial charge is 0.354 e. The van der Waals surface area contributed by atoms with E-state index in [1.54, 1.807) is 12.1 Å². The number of anilines is 1. The fourth-order valence-corrected chi connectivity index (χ4v) is 3.34. The van der Waals surface area contributed by atoms with Gasteiger partial charge in [-0.2, -0.15) is 0 Å². The first-order valence-electron chi connectivity index (χ1n) is 8.56. The number of rotatable bonds is 7. The molecule has 25 heavy (non-hydrogen) atoms. The summed E-state index contributed by atoms with van der Waals surface area (Å²) in [6, 6.07) is 6.78. The Morgan fingerprint density at radius 3 is 2.40 bits per heavy atom. The number of nitrogens with one attached hydrogen (secondary N) is 3. The molecule has 3 amide bonds. The van der Waals surface area contributed by atoms with E-state index in [4.69, 9.17) is 0 Å². The van der Waals surface area contributed by atoms with Gasteiger partial charge in [-0.05, 0) is 43.0 Å². The van der Waals surface area contributed by atoms with Gasteiger partial charge in [-0.15, -0.1) is 0 Å². The number of amides is 3. The summed E-state index contributed by atoms with van der Waals surface area (Å²) in [4.78, 5) is 35.7. The first-order valence-corrected chi connectivity index (χ1v) is 9.35. The smallest absolute Gasteiger partial charge is 0.242 e. The van der Waals surface area contributed by atoms with Gasteiger partial charge in [0.15, 0.2) is 0 Å². The van der Waals surface area contributed by atoms with Crippen LogP contribution in [0.15, 0.2) is 28.7 Å². The molecule has 7 heteroatoms. The lowest BCUT2D eigenvalue weighted by Gasteiger charge is -2.23. The topological polar surface area (TPSA) is 87.3 Å². The molecule has 6 nitrogen and oxygen atoms in total. The SMILES string of the molecule is CC(=O)NC(C(=O)NCCC(=O)Nc1ccc(Br)cc1)C1CCCC1. The van der Waals surface area contributed by atoms with Crippen LogP contribution in [0, 0.1) is 5.92 Å². The summed E-state index contributed by atoms with van der Waals surface area (Å²) in [6.07, 6.45) is 4.25. The molecule has 1 unspecified atom stereocenters. The van der Waals surface area contributed by atoms with Crippen molar-refractivity contribution >= 4 is 39.3 Å². The van der Waals surface area contributed by atoms with Gasteiger partial charge >= 0.3 is 0 Å². The van der Waals surface area contributed by atoms with E-state index < -0.39 is 6.04 Å². The molecular formula is C18H24BrN3O3. The Balaban J connectivity index is 1.78. The van der Waals surface area contributed by atoms with Crippen LogP contribution in [0.5, 0.6) is 0 Å². The first kappa shape index (κ1) is 19.4. The van der Waals surface area contributed by atoms with Crippen LogP contribution in [0.1, 0.15) is 39.0 Å². The third kappa shape index (κ3) is 6.49. The van der Waals surface area contributed by atoms with Crippen molar-refractivity contribution in [1.82, 2.24) is 10.6 Å². The number of carbonyl (C=O) groups excluding carboxylic acids is 3. The summed E-state index contributed by atoms with van der Waals surface area (Å²) in [5, 5.41) is 8.30. The molecule has 1 aromatic rings. The third-order valence-electron chi connectivity index (χ3n) is 4.29. The number of carbonyl (C=O) groups is 3. The molecule has 0 aromatic heterocycles. The van der Waals surface area contributed by atoms with Crippen LogP contribution in [0.25, 0.3) is 0 Å². The van der Waals surface area contributed by atoms with Crippen LogP contribution in [0.3, 0.4) is 0 Å². The summed E-state index contributed by atoms with van der Waals surface area (Å²) < 4.78 is 0.939. The monoisotopic (exact) mass is 409 g/mol. The molecule has 1 saturated carbocycles. The zero-order chi connectivity index (χ0) is 18.2. The second-order valence-corrected chi connectivity index (χ2v) is 7.23. The predicted molar refractivity (Wildman–Crippen MR) is 100.0 cm³/mol. The highest BCUT2D eigenvalue weighted by Crippen LogP contribution is 2.27. The summed E-state index contributed by atoms with van der Waals surface area (Å²) in [7, 11) is 0. The van der Waals surface area contributed by atoms with Crippen LogP contribution in [-0.4, -0.2) is 30.3 Å². The van der Waals surface area contributed by atoms with Gasteiger partial charge in [0.1, 0.15) is 6.04 Å². The lowest BCUT2D eigenvalue weighted by atomic mass is 9.97. The van der Waals surface area contributed by atoms with Crippen LogP contribution >= 0.6 is 15.9 Å². The third-order valence-corrected chi connectivity index (χ3v) is 4.82. The van der Waals surface area contributed by atoms with Gasteiger partial charge in [0.05, 0.1) is 0 Å². The van der Waals surface area contributed by atoms with E-state index in [1.807, 2.05) is 12.1 Å². The average Bonchev–Trinajstić information content (AvgIpc) is 3.08. The highest BCUT2D eigenvalue weighted by atomic mass is 79.9. The number of halogens is 1. The number of benzene rings is 1. The molecule has 1 aliphatic rings. The Morgan fingerprint density at radius 2 is 1.80 bits per heavy atom. The Morgan fingerprint density at radius 1 is 1.16 bits per heavy atom. The van der Waals surface area contributed by atoms with E-state index in [-0.39, 0.29) is 36.6 Å². The fourth-order valence-electron chi connectivity index (χ4n) is 3.07. The van der Waals surface area contributed by atoms with Gasteiger partial charge < -0.3 is 16.0 Å². The van der Waals surface area contributed by atoms with Gasteiger partial charge in [0.25, 0.3) is 0 Å². The van der Waals surface area contributed by atoms with E-state index >= 15 is 0 Å². The van der Waals surface area contributed by atoms with E-state index in [0.717, 1.165) is 30.2 Å².